The van der Waals surface area contributed by atoms with Crippen molar-refractivity contribution in [3.63, 3.8) is 0 Å². The molecular weight excluding hydrogens is 778 g/mol. The van der Waals surface area contributed by atoms with E-state index in [1.54, 1.807) is 33.0 Å². The number of unbranched alkanes of at least 4 members (excludes halogenated alkanes) is 1. The molecular formula is C38H55N7O14. The van der Waals surface area contributed by atoms with Gasteiger partial charge in [-0.2, -0.15) is 0 Å². The summed E-state index contributed by atoms with van der Waals surface area (Å²) in [5.41, 5.74) is 6.53. The molecule has 1 aromatic carbocycles. The number of carboxylic acids is 4. The van der Waals surface area contributed by atoms with Crippen LogP contribution in [0.15, 0.2) is 42.7 Å². The number of aromatic nitrogens is 1. The fourth-order valence-corrected chi connectivity index (χ4v) is 4.11. The molecule has 0 saturated carbocycles. The van der Waals surface area contributed by atoms with Crippen molar-refractivity contribution < 1.29 is 68.4 Å². The molecule has 6 amide bonds. The molecule has 0 spiro atoms. The van der Waals surface area contributed by atoms with Gasteiger partial charge < -0.3 is 52.7 Å². The molecule has 326 valence electrons. The molecule has 1 heterocycles. The van der Waals surface area contributed by atoms with Crippen molar-refractivity contribution in [1.29, 1.82) is 0 Å². The van der Waals surface area contributed by atoms with Crippen LogP contribution < -0.4 is 32.3 Å². The Morgan fingerprint density at radius 2 is 1.19 bits per heavy atom. The molecule has 0 aliphatic heterocycles. The first-order valence-corrected chi connectivity index (χ1v) is 18.4. The van der Waals surface area contributed by atoms with Crippen LogP contribution in [0, 0.1) is 6.92 Å². The Morgan fingerprint density at radius 1 is 0.661 bits per heavy atom. The van der Waals surface area contributed by atoms with Crippen LogP contribution in [0.2, 0.25) is 0 Å². The van der Waals surface area contributed by atoms with Crippen molar-refractivity contribution in [2.24, 2.45) is 5.73 Å². The minimum atomic E-state index is -1.40. The standard InChI is InChI=1S/C30H37N7O10.2C3H6O2.C2H6/c1-17-11-20(14-32-13-17)28(44)33-10-3-2-7-22(30(46)47)37-24(39)16-35-29(45)21(8-9-25(40)41)36-23(38)15-34-27(43)19-6-4-5-18(12-19)26(31)42;2*1-2-3(4)5;1-2/h4-6,11-14,21-22H,2-3,7-10,15-16H2,1H3,(H2,31,42)(H,33,44)(H,34,43)(H,35,45)(H,36,38)(H,37,39)(H,40,41)(H,46,47);2*2H2,1H3,(H,4,5);1-2H3. The molecule has 2 unspecified atom stereocenters. The summed E-state index contributed by atoms with van der Waals surface area (Å²) in [6.45, 7) is 7.98. The molecule has 0 radical (unpaired) electrons. The number of nitrogens with zero attached hydrogens (tertiary/aromatic N) is 1. The third-order valence-corrected chi connectivity index (χ3v) is 7.12. The van der Waals surface area contributed by atoms with Crippen molar-refractivity contribution in [3.05, 3.63) is 65.0 Å². The van der Waals surface area contributed by atoms with Gasteiger partial charge in [0.1, 0.15) is 12.1 Å². The number of benzene rings is 1. The Balaban J connectivity index is 0. The quantitative estimate of drug-likeness (QED) is 0.0779. The summed E-state index contributed by atoms with van der Waals surface area (Å²) < 4.78 is 0. The van der Waals surface area contributed by atoms with Crippen LogP contribution in [0.3, 0.4) is 0 Å². The van der Waals surface area contributed by atoms with Crippen LogP contribution in [0.5, 0.6) is 0 Å². The summed E-state index contributed by atoms with van der Waals surface area (Å²) in [5, 5.41) is 45.8. The molecule has 0 fully saturated rings. The number of nitrogens with two attached hydrogens (primary N) is 1. The maximum Gasteiger partial charge on any atom is 0.326 e. The van der Waals surface area contributed by atoms with Crippen LogP contribution >= 0.6 is 0 Å². The molecule has 59 heavy (non-hydrogen) atoms. The van der Waals surface area contributed by atoms with E-state index >= 15 is 0 Å². The van der Waals surface area contributed by atoms with Gasteiger partial charge in [-0.25, -0.2) is 4.79 Å². The van der Waals surface area contributed by atoms with Crippen LogP contribution in [0.1, 0.15) is 109 Å². The first-order valence-electron chi connectivity index (χ1n) is 18.4. The smallest absolute Gasteiger partial charge is 0.326 e. The number of aryl methyl sites for hydroxylation is 1. The second-order valence-corrected chi connectivity index (χ2v) is 11.9. The average Bonchev–Trinajstić information content (AvgIpc) is 3.20. The number of aliphatic carboxylic acids is 4. The maximum absolute atomic E-state index is 12.7. The number of rotatable bonds is 21. The van der Waals surface area contributed by atoms with Crippen molar-refractivity contribution in [2.45, 2.75) is 91.6 Å². The highest BCUT2D eigenvalue weighted by molar-refractivity contribution is 6.00. The first kappa shape index (κ1) is 54.2. The Kier molecular flexibility index (Phi) is 28.6. The molecule has 0 saturated heterocycles. The molecule has 11 N–H and O–H groups in total. The number of carbonyl (C=O) groups excluding carboxylic acids is 6. The number of pyridine rings is 1. The highest BCUT2D eigenvalue weighted by Crippen LogP contribution is 2.06. The lowest BCUT2D eigenvalue weighted by molar-refractivity contribution is -0.142. The first-order chi connectivity index (χ1) is 27.8. The van der Waals surface area contributed by atoms with E-state index in [0.29, 0.717) is 18.4 Å². The molecule has 21 nitrogen and oxygen atoms in total. The van der Waals surface area contributed by atoms with E-state index in [2.05, 4.69) is 31.6 Å². The van der Waals surface area contributed by atoms with Gasteiger partial charge in [0.05, 0.1) is 18.7 Å². The van der Waals surface area contributed by atoms with Crippen LogP contribution in [-0.2, 0) is 33.6 Å². The van der Waals surface area contributed by atoms with Gasteiger partial charge in [0, 0.05) is 49.3 Å². The summed E-state index contributed by atoms with van der Waals surface area (Å²) in [6.07, 6.45) is 3.42. The number of carboxylic acid groups (broad SMARTS) is 4. The summed E-state index contributed by atoms with van der Waals surface area (Å²) >= 11 is 0. The van der Waals surface area contributed by atoms with Crippen LogP contribution in [-0.4, -0.2) is 116 Å². The van der Waals surface area contributed by atoms with E-state index < -0.39 is 85.0 Å². The molecule has 2 atom stereocenters. The summed E-state index contributed by atoms with van der Waals surface area (Å²) in [4.78, 5) is 119. The summed E-state index contributed by atoms with van der Waals surface area (Å²) in [7, 11) is 0. The van der Waals surface area contributed by atoms with Gasteiger partial charge in [-0.05, 0) is 62.4 Å². The van der Waals surface area contributed by atoms with E-state index in [4.69, 9.17) is 21.1 Å². The fourth-order valence-electron chi connectivity index (χ4n) is 4.11. The zero-order chi connectivity index (χ0) is 45.5. The van der Waals surface area contributed by atoms with Crippen molar-refractivity contribution in [3.8, 4) is 0 Å². The Morgan fingerprint density at radius 3 is 1.69 bits per heavy atom. The zero-order valence-corrected chi connectivity index (χ0v) is 33.7. The van der Waals surface area contributed by atoms with Crippen molar-refractivity contribution >= 4 is 59.3 Å². The highest BCUT2D eigenvalue weighted by Gasteiger charge is 2.24. The van der Waals surface area contributed by atoms with E-state index in [1.807, 2.05) is 13.8 Å². The van der Waals surface area contributed by atoms with Gasteiger partial charge >= 0.3 is 23.9 Å². The molecule has 1 aromatic heterocycles. The Bertz CT molecular complexity index is 1720. The summed E-state index contributed by atoms with van der Waals surface area (Å²) in [6, 6.07) is 4.42. The number of hydrogen-bond donors (Lipinski definition) is 10. The number of carbonyl (C=O) groups is 10. The van der Waals surface area contributed by atoms with E-state index in [0.717, 1.165) is 5.56 Å². The van der Waals surface area contributed by atoms with Gasteiger partial charge in [-0.3, -0.25) is 48.1 Å². The average molecular weight is 834 g/mol. The van der Waals surface area contributed by atoms with Crippen molar-refractivity contribution in [1.82, 2.24) is 31.6 Å². The second-order valence-electron chi connectivity index (χ2n) is 11.9. The number of amides is 6. The van der Waals surface area contributed by atoms with Crippen LogP contribution in [0.4, 0.5) is 0 Å². The van der Waals surface area contributed by atoms with Gasteiger partial charge in [0.25, 0.3) is 11.8 Å². The van der Waals surface area contributed by atoms with Gasteiger partial charge in [-0.1, -0.05) is 33.8 Å². The lowest BCUT2D eigenvalue weighted by Crippen LogP contribution is -2.52. The second kappa shape index (κ2) is 31.2. The third-order valence-electron chi connectivity index (χ3n) is 7.12. The van der Waals surface area contributed by atoms with Gasteiger partial charge in [-0.15, -0.1) is 0 Å². The largest absolute Gasteiger partial charge is 0.481 e. The summed E-state index contributed by atoms with van der Waals surface area (Å²) in [5.74, 6) is -8.47. The predicted octanol–water partition coefficient (Wildman–Crippen LogP) is 0.842. The SMILES string of the molecule is CC.CCC(=O)O.CCC(=O)O.Cc1cncc(C(=O)NCCCCC(NC(=O)CNC(=O)C(CCC(=O)O)NC(=O)CNC(=O)c2cccc(C(N)=O)c2)C(=O)O)c1. The van der Waals surface area contributed by atoms with Gasteiger partial charge in [0.2, 0.25) is 23.6 Å². The number of nitrogens with one attached hydrogen (secondary N) is 5. The molecule has 2 rings (SSSR count). The monoisotopic (exact) mass is 833 g/mol. The maximum atomic E-state index is 12.7. The Labute approximate surface area is 340 Å². The number of primary amides is 1. The minimum absolute atomic E-state index is 0.0345. The molecule has 2 aromatic rings. The molecule has 21 heteroatoms. The number of hydrogen-bond acceptors (Lipinski definition) is 11. The third kappa shape index (κ3) is 26.5. The zero-order valence-electron chi connectivity index (χ0n) is 33.7. The van der Waals surface area contributed by atoms with E-state index in [9.17, 15) is 53.1 Å². The normalized spacial score (nSPS) is 10.7. The minimum Gasteiger partial charge on any atom is -0.481 e. The molecule has 0 bridgehead atoms. The fraction of sp³-hybridized carbons (Fsp3) is 0.447. The lowest BCUT2D eigenvalue weighted by atomic mass is 10.1. The molecule has 0 aliphatic carbocycles. The predicted molar refractivity (Wildman–Crippen MR) is 211 cm³/mol. The van der Waals surface area contributed by atoms with E-state index in [-0.39, 0.29) is 49.3 Å². The topological polar surface area (TPSA) is 351 Å². The van der Waals surface area contributed by atoms with E-state index in [1.165, 1.54) is 30.5 Å². The van der Waals surface area contributed by atoms with Gasteiger partial charge in [0.15, 0.2) is 0 Å². The lowest BCUT2D eigenvalue weighted by Gasteiger charge is -2.19. The Hall–Kier alpha value is -6.93. The van der Waals surface area contributed by atoms with Crippen molar-refractivity contribution in [2.75, 3.05) is 19.6 Å². The van der Waals surface area contributed by atoms with Crippen LogP contribution in [0.25, 0.3) is 0 Å². The highest BCUT2D eigenvalue weighted by atomic mass is 16.4. The molecule has 0 aliphatic rings.